The number of rotatable bonds is 6. The van der Waals surface area contributed by atoms with E-state index in [1.165, 1.54) is 0 Å². The van der Waals surface area contributed by atoms with Crippen LogP contribution in [0.1, 0.15) is 32.1 Å². The van der Waals surface area contributed by atoms with Crippen LogP contribution in [-0.4, -0.2) is 36.4 Å². The van der Waals surface area contributed by atoms with Crippen molar-refractivity contribution in [1.82, 2.24) is 4.90 Å². The van der Waals surface area contributed by atoms with Crippen molar-refractivity contribution >= 4 is 17.5 Å². The van der Waals surface area contributed by atoms with E-state index in [1.54, 1.807) is 12.1 Å². The number of benzene rings is 1. The van der Waals surface area contributed by atoms with E-state index in [4.69, 9.17) is 4.74 Å². The number of carbonyl (C=O) groups excluding carboxylic acids is 2. The van der Waals surface area contributed by atoms with Crippen LogP contribution < -0.4 is 10.1 Å². The molecule has 1 fully saturated rings. The molecule has 0 aromatic heterocycles. The Balaban J connectivity index is 1.48. The van der Waals surface area contributed by atoms with Crippen molar-refractivity contribution in [3.63, 3.8) is 0 Å². The molecule has 0 spiro atoms. The van der Waals surface area contributed by atoms with Crippen molar-refractivity contribution in [1.29, 1.82) is 0 Å². The van der Waals surface area contributed by atoms with Crippen LogP contribution in [0.4, 0.5) is 5.69 Å². The van der Waals surface area contributed by atoms with Crippen LogP contribution in [0.15, 0.2) is 36.4 Å². The van der Waals surface area contributed by atoms with Crippen LogP contribution in [0.3, 0.4) is 0 Å². The number of nitrogens with one attached hydrogen (secondary N) is 1. The predicted octanol–water partition coefficient (Wildman–Crippen LogP) is 2.98. The van der Waals surface area contributed by atoms with Gasteiger partial charge in [-0.15, -0.1) is 0 Å². The Morgan fingerprint density at radius 3 is 2.83 bits per heavy atom. The van der Waals surface area contributed by atoms with Crippen LogP contribution in [0.5, 0.6) is 5.75 Å². The first kappa shape index (κ1) is 16.6. The molecule has 128 valence electrons. The van der Waals surface area contributed by atoms with Gasteiger partial charge in [-0.1, -0.05) is 18.2 Å². The van der Waals surface area contributed by atoms with Gasteiger partial charge < -0.3 is 15.0 Å². The van der Waals surface area contributed by atoms with Crippen LogP contribution in [0.25, 0.3) is 0 Å². The molecule has 0 unspecified atom stereocenters. The van der Waals surface area contributed by atoms with Gasteiger partial charge in [0.15, 0.2) is 6.61 Å². The summed E-state index contributed by atoms with van der Waals surface area (Å²) in [6.45, 7) is 1.70. The number of nitrogens with zero attached hydrogens (tertiary/aromatic N) is 1. The Kier molecular flexibility index (Phi) is 5.51. The molecular weight excluding hydrogens is 304 g/mol. The second-order valence-corrected chi connectivity index (χ2v) is 6.42. The fourth-order valence-corrected chi connectivity index (χ4v) is 3.18. The fraction of sp³-hybridized carbons (Fsp3) is 0.474. The maximum Gasteiger partial charge on any atom is 0.260 e. The second-order valence-electron chi connectivity index (χ2n) is 6.42. The van der Waals surface area contributed by atoms with Crippen molar-refractivity contribution in [2.45, 2.75) is 32.1 Å². The minimum absolute atomic E-state index is 0.0110. The Morgan fingerprint density at radius 1 is 1.25 bits per heavy atom. The number of amides is 2. The van der Waals surface area contributed by atoms with Gasteiger partial charge in [-0.2, -0.15) is 0 Å². The lowest BCUT2D eigenvalue weighted by Gasteiger charge is -2.16. The van der Waals surface area contributed by atoms with Gasteiger partial charge in [-0.05, 0) is 43.7 Å². The average Bonchev–Trinajstić information content (AvgIpc) is 3.26. The molecule has 1 aliphatic carbocycles. The third-order valence-corrected chi connectivity index (χ3v) is 4.50. The minimum atomic E-state index is 0.0110. The fourth-order valence-electron chi connectivity index (χ4n) is 3.18. The summed E-state index contributed by atoms with van der Waals surface area (Å²) < 4.78 is 5.58. The van der Waals surface area contributed by atoms with E-state index in [0.717, 1.165) is 38.8 Å². The Labute approximate surface area is 142 Å². The van der Waals surface area contributed by atoms with Crippen LogP contribution >= 0.6 is 0 Å². The summed E-state index contributed by atoms with van der Waals surface area (Å²) in [5.41, 5.74) is 0.702. The van der Waals surface area contributed by atoms with E-state index in [1.807, 2.05) is 17.0 Å². The molecule has 2 aliphatic rings. The zero-order valence-corrected chi connectivity index (χ0v) is 13.9. The highest BCUT2D eigenvalue weighted by molar-refractivity contribution is 5.91. The van der Waals surface area contributed by atoms with Gasteiger partial charge in [0.05, 0.1) is 0 Å². The van der Waals surface area contributed by atoms with Gasteiger partial charge in [0, 0.05) is 31.3 Å². The van der Waals surface area contributed by atoms with Crippen molar-refractivity contribution in [2.75, 3.05) is 25.0 Å². The van der Waals surface area contributed by atoms with Gasteiger partial charge in [0.1, 0.15) is 5.75 Å². The van der Waals surface area contributed by atoms with Gasteiger partial charge >= 0.3 is 0 Å². The van der Waals surface area contributed by atoms with Crippen molar-refractivity contribution in [2.24, 2.45) is 5.92 Å². The Hall–Kier alpha value is -2.30. The molecule has 1 saturated heterocycles. The molecule has 3 rings (SSSR count). The largest absolute Gasteiger partial charge is 0.484 e. The van der Waals surface area contributed by atoms with Gasteiger partial charge in [-0.3, -0.25) is 9.59 Å². The molecule has 5 nitrogen and oxygen atoms in total. The molecule has 5 heteroatoms. The average molecular weight is 328 g/mol. The number of hydrogen-bond donors (Lipinski definition) is 1. The lowest BCUT2D eigenvalue weighted by Crippen LogP contribution is -2.32. The summed E-state index contributed by atoms with van der Waals surface area (Å²) in [6.07, 6.45) is 9.01. The molecule has 1 aromatic rings. The lowest BCUT2D eigenvalue weighted by atomic mass is 10.1. The Bertz CT molecular complexity index is 621. The molecule has 0 radical (unpaired) electrons. The number of likely N-dealkylation sites (tertiary alicyclic amines) is 1. The highest BCUT2D eigenvalue weighted by Crippen LogP contribution is 2.22. The highest BCUT2D eigenvalue weighted by Gasteiger charge is 2.18. The molecule has 0 bridgehead atoms. The number of anilines is 1. The van der Waals surface area contributed by atoms with Crippen LogP contribution in [0.2, 0.25) is 0 Å². The lowest BCUT2D eigenvalue weighted by molar-refractivity contribution is -0.132. The molecule has 1 atom stereocenters. The number of ether oxygens (including phenoxy) is 1. The number of hydrogen-bond acceptors (Lipinski definition) is 3. The summed E-state index contributed by atoms with van der Waals surface area (Å²) in [7, 11) is 0. The van der Waals surface area contributed by atoms with Crippen molar-refractivity contribution < 1.29 is 14.3 Å². The van der Waals surface area contributed by atoms with E-state index in [2.05, 4.69) is 17.5 Å². The first-order valence-corrected chi connectivity index (χ1v) is 8.68. The summed E-state index contributed by atoms with van der Waals surface area (Å²) >= 11 is 0. The first-order chi connectivity index (χ1) is 11.7. The maximum atomic E-state index is 12.1. The van der Waals surface area contributed by atoms with E-state index in [-0.39, 0.29) is 18.4 Å². The molecule has 1 heterocycles. The van der Waals surface area contributed by atoms with E-state index in [0.29, 0.717) is 23.8 Å². The topological polar surface area (TPSA) is 58.6 Å². The monoisotopic (exact) mass is 328 g/mol. The summed E-state index contributed by atoms with van der Waals surface area (Å²) in [4.78, 5) is 25.9. The number of carbonyl (C=O) groups is 2. The first-order valence-electron chi connectivity index (χ1n) is 8.68. The zero-order valence-electron chi connectivity index (χ0n) is 13.9. The highest BCUT2D eigenvalue weighted by atomic mass is 16.5. The minimum Gasteiger partial charge on any atom is -0.484 e. The molecule has 1 N–H and O–H groups in total. The van der Waals surface area contributed by atoms with Crippen molar-refractivity contribution in [3.05, 3.63) is 36.4 Å². The smallest absolute Gasteiger partial charge is 0.260 e. The Morgan fingerprint density at radius 2 is 2.08 bits per heavy atom. The molecule has 2 amide bonds. The normalized spacial score (nSPS) is 19.5. The predicted molar refractivity (Wildman–Crippen MR) is 92.9 cm³/mol. The second kappa shape index (κ2) is 7.99. The van der Waals surface area contributed by atoms with E-state index < -0.39 is 0 Å². The van der Waals surface area contributed by atoms with Gasteiger partial charge in [-0.25, -0.2) is 0 Å². The standard InChI is InChI=1S/C19H24N2O3/c22-18(12-15-6-1-2-7-15)20-16-8-5-9-17(13-16)24-14-19(23)21-10-3-4-11-21/h1,5-6,8-9,13,15H,2-4,7,10-12,14H2,(H,20,22)/t15-/m0/s1. The van der Waals surface area contributed by atoms with Crippen LogP contribution in [-0.2, 0) is 9.59 Å². The van der Waals surface area contributed by atoms with E-state index >= 15 is 0 Å². The van der Waals surface area contributed by atoms with Crippen LogP contribution in [0, 0.1) is 5.92 Å². The summed E-state index contributed by atoms with van der Waals surface area (Å²) in [6, 6.07) is 7.21. The third kappa shape index (κ3) is 4.60. The molecule has 24 heavy (non-hydrogen) atoms. The summed E-state index contributed by atoms with van der Waals surface area (Å²) in [5.74, 6) is 0.982. The van der Waals surface area contributed by atoms with Gasteiger partial charge in [0.25, 0.3) is 5.91 Å². The molecule has 1 aliphatic heterocycles. The molecule has 0 saturated carbocycles. The van der Waals surface area contributed by atoms with Gasteiger partial charge in [0.2, 0.25) is 5.91 Å². The number of allylic oxidation sites excluding steroid dienone is 2. The zero-order chi connectivity index (χ0) is 16.8. The SMILES string of the molecule is O=C(C[C@H]1C=CCC1)Nc1cccc(OCC(=O)N2CCCC2)c1. The third-order valence-electron chi connectivity index (χ3n) is 4.50. The maximum absolute atomic E-state index is 12.1. The molecular formula is C19H24N2O3. The van der Waals surface area contributed by atoms with E-state index in [9.17, 15) is 9.59 Å². The van der Waals surface area contributed by atoms with Crippen molar-refractivity contribution in [3.8, 4) is 5.75 Å². The molecule has 1 aromatic carbocycles. The quantitative estimate of drug-likeness (QED) is 0.817. The summed E-state index contributed by atoms with van der Waals surface area (Å²) in [5, 5.41) is 2.90.